The van der Waals surface area contributed by atoms with Gasteiger partial charge in [0.1, 0.15) is 18.2 Å². The highest BCUT2D eigenvalue weighted by Gasteiger charge is 2.38. The minimum atomic E-state index is -0.608. The molecule has 7 nitrogen and oxygen atoms in total. The minimum absolute atomic E-state index is 0.0419. The summed E-state index contributed by atoms with van der Waals surface area (Å²) >= 11 is 0. The second kappa shape index (κ2) is 11.3. The average Bonchev–Trinajstić information content (AvgIpc) is 3.23. The molecule has 32 heavy (non-hydrogen) atoms. The van der Waals surface area contributed by atoms with Crippen LogP contribution in [-0.4, -0.2) is 47.3 Å². The number of oxime groups is 1. The molecule has 1 N–H and O–H groups in total. The summed E-state index contributed by atoms with van der Waals surface area (Å²) in [5.41, 5.74) is 0.436. The van der Waals surface area contributed by atoms with Crippen molar-refractivity contribution in [1.82, 2.24) is 10.2 Å². The van der Waals surface area contributed by atoms with E-state index in [2.05, 4.69) is 10.5 Å². The number of alkyl carbamates (subject to hydrolysis) is 1. The van der Waals surface area contributed by atoms with Crippen molar-refractivity contribution in [2.75, 3.05) is 6.54 Å². The quantitative estimate of drug-likeness (QED) is 0.491. The van der Waals surface area contributed by atoms with Crippen LogP contribution in [0.5, 0.6) is 0 Å². The third-order valence-electron chi connectivity index (χ3n) is 6.02. The first kappa shape index (κ1) is 24.1. The lowest BCUT2D eigenvalue weighted by molar-refractivity contribution is -0.135. The van der Waals surface area contributed by atoms with Crippen molar-refractivity contribution in [3.05, 3.63) is 35.9 Å². The highest BCUT2D eigenvalue weighted by atomic mass is 16.6. The van der Waals surface area contributed by atoms with Crippen LogP contribution in [0.3, 0.4) is 0 Å². The molecule has 2 fully saturated rings. The molecule has 176 valence electrons. The molecule has 1 aliphatic carbocycles. The van der Waals surface area contributed by atoms with Crippen molar-refractivity contribution < 1.29 is 19.2 Å². The van der Waals surface area contributed by atoms with Gasteiger partial charge in [0.25, 0.3) is 0 Å². The number of likely N-dealkylation sites (tertiary alicyclic amines) is 1. The van der Waals surface area contributed by atoms with Crippen LogP contribution in [0.4, 0.5) is 4.79 Å². The Morgan fingerprint density at radius 1 is 1.12 bits per heavy atom. The van der Waals surface area contributed by atoms with Crippen LogP contribution in [0, 0.1) is 5.92 Å². The summed E-state index contributed by atoms with van der Waals surface area (Å²) in [6.45, 7) is 6.53. The van der Waals surface area contributed by atoms with Crippen LogP contribution >= 0.6 is 0 Å². The maximum Gasteiger partial charge on any atom is 0.408 e. The fourth-order valence-electron chi connectivity index (χ4n) is 4.48. The second-order valence-electron chi connectivity index (χ2n) is 9.78. The summed E-state index contributed by atoms with van der Waals surface area (Å²) in [6, 6.07) is 9.17. The normalized spacial score (nSPS) is 20.8. The third kappa shape index (κ3) is 7.24. The monoisotopic (exact) mass is 443 g/mol. The maximum atomic E-state index is 13.6. The SMILES string of the molecule is CC(C)(C)OC(=O)NC(C(=O)N1CCC[C@H]1C=NOCc1ccccc1)C1CCCCC1. The molecule has 2 amide bonds. The number of benzene rings is 1. The molecule has 7 heteroatoms. The lowest BCUT2D eigenvalue weighted by Gasteiger charge is -2.34. The van der Waals surface area contributed by atoms with Crippen LogP contribution in [-0.2, 0) is 21.0 Å². The Labute approximate surface area is 191 Å². The lowest BCUT2D eigenvalue weighted by atomic mass is 9.83. The van der Waals surface area contributed by atoms with Crippen LogP contribution in [0.15, 0.2) is 35.5 Å². The number of carbonyl (C=O) groups excluding carboxylic acids is 2. The van der Waals surface area contributed by atoms with Gasteiger partial charge in [-0.3, -0.25) is 4.79 Å². The van der Waals surface area contributed by atoms with E-state index in [9.17, 15) is 9.59 Å². The average molecular weight is 444 g/mol. The summed E-state index contributed by atoms with van der Waals surface area (Å²) in [5.74, 6) is 0.0936. The van der Waals surface area contributed by atoms with E-state index in [-0.39, 0.29) is 17.9 Å². The number of nitrogens with zero attached hydrogens (tertiary/aromatic N) is 2. The molecule has 0 radical (unpaired) electrons. The van der Waals surface area contributed by atoms with Gasteiger partial charge in [0.05, 0.1) is 12.3 Å². The zero-order valence-corrected chi connectivity index (χ0v) is 19.6. The van der Waals surface area contributed by atoms with Gasteiger partial charge in [-0.2, -0.15) is 0 Å². The molecule has 2 aliphatic rings. The first-order valence-electron chi connectivity index (χ1n) is 11.8. The number of ether oxygens (including phenoxy) is 1. The summed E-state index contributed by atoms with van der Waals surface area (Å²) in [5, 5.41) is 7.03. The van der Waals surface area contributed by atoms with Gasteiger partial charge in [-0.05, 0) is 57.9 Å². The Balaban J connectivity index is 1.63. The molecule has 0 aromatic heterocycles. The van der Waals surface area contributed by atoms with Crippen LogP contribution in [0.2, 0.25) is 0 Å². The molecule has 1 aromatic rings. The summed E-state index contributed by atoms with van der Waals surface area (Å²) in [6.07, 6.45) is 8.18. The van der Waals surface area contributed by atoms with Gasteiger partial charge in [0.15, 0.2) is 0 Å². The number of amides is 2. The first-order valence-corrected chi connectivity index (χ1v) is 11.8. The number of nitrogens with one attached hydrogen (secondary N) is 1. The van der Waals surface area contributed by atoms with Gasteiger partial charge < -0.3 is 19.8 Å². The number of hydrogen-bond donors (Lipinski definition) is 1. The van der Waals surface area contributed by atoms with E-state index in [4.69, 9.17) is 9.57 Å². The molecule has 1 saturated heterocycles. The second-order valence-corrected chi connectivity index (χ2v) is 9.78. The predicted molar refractivity (Wildman–Crippen MR) is 124 cm³/mol. The molecule has 1 heterocycles. The molecule has 0 spiro atoms. The molecular formula is C25H37N3O4. The van der Waals surface area contributed by atoms with E-state index in [0.29, 0.717) is 13.2 Å². The standard InChI is InChI=1S/C25H37N3O4/c1-25(2,3)32-24(30)27-22(20-13-8-5-9-14-20)23(29)28-16-10-15-21(28)17-26-31-18-19-11-6-4-7-12-19/h4,6-7,11-12,17,20-22H,5,8-10,13-16,18H2,1-3H3,(H,27,30)/t21-,22?/m0/s1. The smallest absolute Gasteiger partial charge is 0.408 e. The molecule has 1 aliphatic heterocycles. The van der Waals surface area contributed by atoms with Crippen LogP contribution in [0.1, 0.15) is 71.3 Å². The zero-order valence-electron chi connectivity index (χ0n) is 19.6. The Morgan fingerprint density at radius 3 is 2.53 bits per heavy atom. The van der Waals surface area contributed by atoms with Crippen molar-refractivity contribution >= 4 is 18.2 Å². The number of hydrogen-bond acceptors (Lipinski definition) is 5. The van der Waals surface area contributed by atoms with Crippen molar-refractivity contribution in [2.24, 2.45) is 11.1 Å². The van der Waals surface area contributed by atoms with E-state index in [0.717, 1.165) is 44.1 Å². The highest BCUT2D eigenvalue weighted by Crippen LogP contribution is 2.29. The number of carbonyl (C=O) groups is 2. The molecule has 1 aromatic carbocycles. The van der Waals surface area contributed by atoms with Crippen molar-refractivity contribution in [3.63, 3.8) is 0 Å². The van der Waals surface area contributed by atoms with Crippen LogP contribution in [0.25, 0.3) is 0 Å². The Kier molecular flexibility index (Phi) is 8.53. The van der Waals surface area contributed by atoms with Gasteiger partial charge in [0.2, 0.25) is 5.91 Å². The Bertz CT molecular complexity index is 769. The summed E-state index contributed by atoms with van der Waals surface area (Å²) < 4.78 is 5.45. The van der Waals surface area contributed by atoms with Crippen molar-refractivity contribution in [1.29, 1.82) is 0 Å². The molecule has 3 rings (SSSR count). The largest absolute Gasteiger partial charge is 0.444 e. The van der Waals surface area contributed by atoms with Crippen LogP contribution < -0.4 is 5.32 Å². The highest BCUT2D eigenvalue weighted by molar-refractivity contribution is 5.88. The fourth-order valence-corrected chi connectivity index (χ4v) is 4.48. The van der Waals surface area contributed by atoms with Gasteiger partial charge in [-0.15, -0.1) is 0 Å². The minimum Gasteiger partial charge on any atom is -0.444 e. The molecular weight excluding hydrogens is 406 g/mol. The molecule has 1 unspecified atom stereocenters. The summed E-state index contributed by atoms with van der Waals surface area (Å²) in [4.78, 5) is 33.4. The van der Waals surface area contributed by atoms with Gasteiger partial charge in [0, 0.05) is 6.54 Å². The van der Waals surface area contributed by atoms with E-state index in [1.807, 2.05) is 56.0 Å². The predicted octanol–water partition coefficient (Wildman–Crippen LogP) is 4.65. The summed E-state index contributed by atoms with van der Waals surface area (Å²) in [7, 11) is 0. The lowest BCUT2D eigenvalue weighted by Crippen LogP contribution is -2.54. The third-order valence-corrected chi connectivity index (χ3v) is 6.02. The number of rotatable bonds is 7. The Morgan fingerprint density at radius 2 is 1.84 bits per heavy atom. The topological polar surface area (TPSA) is 80.2 Å². The van der Waals surface area contributed by atoms with Gasteiger partial charge >= 0.3 is 6.09 Å². The van der Waals surface area contributed by atoms with Gasteiger partial charge in [-0.1, -0.05) is 54.8 Å². The van der Waals surface area contributed by atoms with E-state index >= 15 is 0 Å². The van der Waals surface area contributed by atoms with Crippen molar-refractivity contribution in [2.45, 2.75) is 90.0 Å². The maximum absolute atomic E-state index is 13.6. The van der Waals surface area contributed by atoms with Crippen molar-refractivity contribution in [3.8, 4) is 0 Å². The first-order chi connectivity index (χ1) is 15.3. The zero-order chi connectivity index (χ0) is 23.0. The molecule has 0 bridgehead atoms. The Hall–Kier alpha value is -2.57. The molecule has 1 saturated carbocycles. The van der Waals surface area contributed by atoms with Gasteiger partial charge in [-0.25, -0.2) is 4.79 Å². The fraction of sp³-hybridized carbons (Fsp3) is 0.640. The molecule has 2 atom stereocenters. The van der Waals surface area contributed by atoms with E-state index in [1.54, 1.807) is 6.21 Å². The van der Waals surface area contributed by atoms with E-state index < -0.39 is 17.7 Å². The van der Waals surface area contributed by atoms with E-state index in [1.165, 1.54) is 6.42 Å².